The zero-order valence-electron chi connectivity index (χ0n) is 21.3. The molecule has 0 spiro atoms. The Morgan fingerprint density at radius 3 is 0.949 bits per heavy atom. The van der Waals surface area contributed by atoms with Crippen molar-refractivity contribution in [3.8, 4) is 0 Å². The second-order valence-electron chi connectivity index (χ2n) is 10.7. The molecule has 3 aliphatic carbocycles. The molecule has 0 saturated heterocycles. The number of rotatable bonds is 16. The minimum atomic E-state index is -3.07. The highest BCUT2D eigenvalue weighted by molar-refractivity contribution is 5.15. The fourth-order valence-corrected chi connectivity index (χ4v) is 5.15. The van der Waals surface area contributed by atoms with Crippen molar-refractivity contribution in [1.82, 2.24) is 0 Å². The van der Waals surface area contributed by atoms with E-state index in [0.29, 0.717) is 0 Å². The van der Waals surface area contributed by atoms with Gasteiger partial charge in [0.25, 0.3) is 17.8 Å². The largest absolute Gasteiger partial charge is 0.380 e. The molecule has 0 radical (unpaired) electrons. The van der Waals surface area contributed by atoms with E-state index < -0.39 is 53.3 Å². The Morgan fingerprint density at radius 2 is 0.667 bits per heavy atom. The van der Waals surface area contributed by atoms with Gasteiger partial charge in [0.15, 0.2) is 0 Å². The summed E-state index contributed by atoms with van der Waals surface area (Å²) in [4.78, 5) is 0. The summed E-state index contributed by atoms with van der Waals surface area (Å²) in [6.07, 6.45) is 0. The Labute approximate surface area is 223 Å². The Kier molecular flexibility index (Phi) is 8.29. The van der Waals surface area contributed by atoms with Crippen molar-refractivity contribution in [2.75, 3.05) is 39.6 Å². The van der Waals surface area contributed by atoms with E-state index >= 15 is 0 Å². The predicted octanol–water partition coefficient (Wildman–Crippen LogP) is 6.10. The van der Waals surface area contributed by atoms with Gasteiger partial charge in [-0.25, -0.2) is 26.3 Å². The maximum atomic E-state index is 14.2. The first-order chi connectivity index (χ1) is 18.6. The summed E-state index contributed by atoms with van der Waals surface area (Å²) in [5.41, 5.74) is 1.74. The van der Waals surface area contributed by atoms with Gasteiger partial charge in [-0.05, 0) is 11.1 Å². The normalized spacial score (nSPS) is 31.1. The van der Waals surface area contributed by atoms with E-state index in [1.54, 1.807) is 0 Å². The van der Waals surface area contributed by atoms with Crippen LogP contribution in [0.3, 0.4) is 0 Å². The first-order valence-electron chi connectivity index (χ1n) is 13.2. The quantitative estimate of drug-likeness (QED) is 0.234. The molecule has 39 heavy (non-hydrogen) atoms. The fraction of sp³-hybridized carbons (Fsp3) is 0.586. The minimum Gasteiger partial charge on any atom is -0.380 e. The topological polar surface area (TPSA) is 36.9 Å². The SMILES string of the molecule is FC1(F)[C@H](COCc2ccccc2)[C@H]1COC[C@@H]1[C@@H](COC[C@@H]2[C@@H](COCc3ccccc3)C2(F)F)C1(F)F. The smallest absolute Gasteiger partial charge is 0.259 e. The molecule has 10 heteroatoms. The first kappa shape index (κ1) is 28.4. The van der Waals surface area contributed by atoms with Crippen molar-refractivity contribution >= 4 is 0 Å². The summed E-state index contributed by atoms with van der Waals surface area (Å²) >= 11 is 0. The maximum absolute atomic E-state index is 14.2. The van der Waals surface area contributed by atoms with Gasteiger partial charge in [0, 0.05) is 0 Å². The van der Waals surface area contributed by atoms with Crippen LogP contribution in [-0.4, -0.2) is 57.4 Å². The van der Waals surface area contributed by atoms with Crippen molar-refractivity contribution < 1.29 is 45.3 Å². The Hall–Kier alpha value is -2.14. The monoisotopic (exact) mass is 558 g/mol. The minimum absolute atomic E-state index is 0.143. The average molecular weight is 559 g/mol. The second-order valence-corrected chi connectivity index (χ2v) is 10.7. The molecule has 3 aliphatic rings. The summed E-state index contributed by atoms with van der Waals surface area (Å²) in [5, 5.41) is 0. The molecule has 0 amide bonds. The zero-order chi connectivity index (χ0) is 27.7. The number of benzene rings is 2. The van der Waals surface area contributed by atoms with Crippen molar-refractivity contribution in [2.45, 2.75) is 31.0 Å². The van der Waals surface area contributed by atoms with Crippen LogP contribution in [0, 0.1) is 35.5 Å². The van der Waals surface area contributed by atoms with E-state index in [-0.39, 0.29) is 52.9 Å². The average Bonchev–Trinajstić information content (AvgIpc) is 3.78. The molecule has 4 nitrogen and oxygen atoms in total. The number of hydrogen-bond acceptors (Lipinski definition) is 4. The van der Waals surface area contributed by atoms with Gasteiger partial charge in [-0.2, -0.15) is 0 Å². The van der Waals surface area contributed by atoms with Crippen molar-refractivity contribution in [2.24, 2.45) is 35.5 Å². The van der Waals surface area contributed by atoms with Crippen LogP contribution in [-0.2, 0) is 32.2 Å². The van der Waals surface area contributed by atoms with Gasteiger partial charge in [0.2, 0.25) is 0 Å². The highest BCUT2D eigenvalue weighted by atomic mass is 19.3. The zero-order valence-corrected chi connectivity index (χ0v) is 21.3. The van der Waals surface area contributed by atoms with Gasteiger partial charge in [0.05, 0.1) is 88.4 Å². The number of ether oxygens (including phenoxy) is 4. The molecule has 0 heterocycles. The van der Waals surface area contributed by atoms with Gasteiger partial charge in [-0.1, -0.05) is 60.7 Å². The molecule has 0 aliphatic heterocycles. The molecule has 5 rings (SSSR count). The van der Waals surface area contributed by atoms with Crippen LogP contribution in [0.25, 0.3) is 0 Å². The molecule has 3 fully saturated rings. The number of hydrogen-bond donors (Lipinski definition) is 0. The highest BCUT2D eigenvalue weighted by Gasteiger charge is 2.71. The Balaban J connectivity index is 0.960. The van der Waals surface area contributed by atoms with Crippen LogP contribution in [0.4, 0.5) is 26.3 Å². The molecule has 2 aromatic carbocycles. The third-order valence-electron chi connectivity index (χ3n) is 8.10. The van der Waals surface area contributed by atoms with Crippen LogP contribution in [0.5, 0.6) is 0 Å². The van der Waals surface area contributed by atoms with E-state index in [1.807, 2.05) is 60.7 Å². The van der Waals surface area contributed by atoms with Gasteiger partial charge in [0.1, 0.15) is 0 Å². The van der Waals surface area contributed by atoms with E-state index in [9.17, 15) is 26.3 Å². The molecule has 3 saturated carbocycles. The highest BCUT2D eigenvalue weighted by Crippen LogP contribution is 2.58. The van der Waals surface area contributed by atoms with Crippen LogP contribution < -0.4 is 0 Å². The molecule has 214 valence electrons. The number of alkyl halides is 6. The van der Waals surface area contributed by atoms with Crippen LogP contribution in [0.2, 0.25) is 0 Å². The van der Waals surface area contributed by atoms with E-state index in [1.165, 1.54) is 0 Å². The van der Waals surface area contributed by atoms with Crippen LogP contribution >= 0.6 is 0 Å². The lowest BCUT2D eigenvalue weighted by Crippen LogP contribution is -2.09. The molecule has 2 aromatic rings. The van der Waals surface area contributed by atoms with Crippen molar-refractivity contribution in [1.29, 1.82) is 0 Å². The van der Waals surface area contributed by atoms with Gasteiger partial charge in [-0.3, -0.25) is 0 Å². The van der Waals surface area contributed by atoms with E-state index in [2.05, 4.69) is 0 Å². The third-order valence-corrected chi connectivity index (χ3v) is 8.10. The standard InChI is InChI=1S/C29H32F6O4/c30-27(31)21(13-36-11-19-7-3-1-4-8-19)23(27)15-38-17-25-26(29(25,34)35)18-39-16-24-22(28(24,32)33)14-37-12-20-9-5-2-6-10-20/h1-10,21-26H,11-18H2/t21-,22-,23-,24-,25-,26-/m1/s1. The molecule has 0 N–H and O–H groups in total. The molecule has 0 unspecified atom stereocenters. The summed E-state index contributed by atoms with van der Waals surface area (Å²) in [5.74, 6) is -15.5. The Morgan fingerprint density at radius 1 is 0.410 bits per heavy atom. The predicted molar refractivity (Wildman–Crippen MR) is 130 cm³/mol. The molecular formula is C29H32F6O4. The van der Waals surface area contributed by atoms with Gasteiger partial charge >= 0.3 is 0 Å². The molecule has 0 aromatic heterocycles. The molecular weight excluding hydrogens is 526 g/mol. The van der Waals surface area contributed by atoms with Crippen molar-refractivity contribution in [3.05, 3.63) is 71.8 Å². The van der Waals surface area contributed by atoms with Crippen LogP contribution in [0.15, 0.2) is 60.7 Å². The lowest BCUT2D eigenvalue weighted by molar-refractivity contribution is 0.0216. The Bertz CT molecular complexity index is 986. The summed E-state index contributed by atoms with van der Waals surface area (Å²) < 4.78 is 106. The second kappa shape index (κ2) is 11.4. The third kappa shape index (κ3) is 6.45. The van der Waals surface area contributed by atoms with E-state index in [4.69, 9.17) is 18.9 Å². The maximum Gasteiger partial charge on any atom is 0.259 e. The fourth-order valence-electron chi connectivity index (χ4n) is 5.15. The van der Waals surface area contributed by atoms with E-state index in [0.717, 1.165) is 11.1 Å². The van der Waals surface area contributed by atoms with Gasteiger partial charge < -0.3 is 18.9 Å². The summed E-state index contributed by atoms with van der Waals surface area (Å²) in [6.45, 7) is -1.32. The molecule has 0 bridgehead atoms. The summed E-state index contributed by atoms with van der Waals surface area (Å²) in [6, 6.07) is 18.3. The van der Waals surface area contributed by atoms with Gasteiger partial charge in [-0.15, -0.1) is 0 Å². The van der Waals surface area contributed by atoms with Crippen molar-refractivity contribution in [3.63, 3.8) is 0 Å². The summed E-state index contributed by atoms with van der Waals surface area (Å²) in [7, 11) is 0. The lowest BCUT2D eigenvalue weighted by atomic mass is 10.2. The first-order valence-corrected chi connectivity index (χ1v) is 13.2. The molecule has 6 atom stereocenters. The number of halogens is 6. The van der Waals surface area contributed by atoms with Crippen LogP contribution in [0.1, 0.15) is 11.1 Å². The lowest BCUT2D eigenvalue weighted by Gasteiger charge is -2.04.